The molecule has 1 aromatic carbocycles. The molecule has 0 heterocycles. The maximum absolute atomic E-state index is 11.3. The van der Waals surface area contributed by atoms with Crippen LogP contribution in [0.4, 0.5) is 0 Å². The van der Waals surface area contributed by atoms with E-state index in [0.717, 1.165) is 36.0 Å². The number of carbonyl (C=O) groups is 1. The van der Waals surface area contributed by atoms with Crippen molar-refractivity contribution in [2.45, 2.75) is 30.6 Å². The van der Waals surface area contributed by atoms with E-state index in [4.69, 9.17) is 5.73 Å². The van der Waals surface area contributed by atoms with Gasteiger partial charge in [-0.05, 0) is 59.6 Å². The Morgan fingerprint density at radius 1 is 1.26 bits per heavy atom. The van der Waals surface area contributed by atoms with Crippen LogP contribution in [0.25, 0.3) is 0 Å². The van der Waals surface area contributed by atoms with Gasteiger partial charge in [-0.1, -0.05) is 12.1 Å². The summed E-state index contributed by atoms with van der Waals surface area (Å²) in [5.41, 5.74) is 5.35. The van der Waals surface area contributed by atoms with Crippen molar-refractivity contribution in [2.24, 2.45) is 5.73 Å². The number of carbonyl (C=O) groups excluding carboxylic acids is 1. The Morgan fingerprint density at radius 3 is 2.79 bits per heavy atom. The normalized spacial score (nSPS) is 10.4. The molecule has 1 amide bonds. The highest BCUT2D eigenvalue weighted by Crippen LogP contribution is 2.27. The number of thioether (sulfide) groups is 1. The van der Waals surface area contributed by atoms with Gasteiger partial charge in [0.05, 0.1) is 0 Å². The van der Waals surface area contributed by atoms with Crippen molar-refractivity contribution in [3.63, 3.8) is 0 Å². The van der Waals surface area contributed by atoms with E-state index in [1.165, 1.54) is 4.90 Å². The third-order valence-electron chi connectivity index (χ3n) is 2.60. The van der Waals surface area contributed by atoms with E-state index in [1.54, 1.807) is 0 Å². The van der Waals surface area contributed by atoms with Gasteiger partial charge in [0, 0.05) is 22.3 Å². The second-order valence-corrected chi connectivity index (χ2v) is 6.22. The Morgan fingerprint density at radius 2 is 2.05 bits per heavy atom. The first-order chi connectivity index (χ1) is 9.24. The predicted octanol–water partition coefficient (Wildman–Crippen LogP) is 3.18. The van der Waals surface area contributed by atoms with Crippen molar-refractivity contribution in [3.05, 3.63) is 28.7 Å². The van der Waals surface area contributed by atoms with Crippen molar-refractivity contribution < 1.29 is 4.79 Å². The first kappa shape index (κ1) is 16.5. The lowest BCUT2D eigenvalue weighted by atomic mass is 10.3. The minimum atomic E-state index is 0.115. The fraction of sp³-hybridized carbons (Fsp3) is 0.500. The van der Waals surface area contributed by atoms with E-state index < -0.39 is 0 Å². The van der Waals surface area contributed by atoms with Crippen molar-refractivity contribution in [3.8, 4) is 0 Å². The summed E-state index contributed by atoms with van der Waals surface area (Å²) in [6.45, 7) is 1.34. The Labute approximate surface area is 127 Å². The molecule has 5 heteroatoms. The lowest BCUT2D eigenvalue weighted by Crippen LogP contribution is -2.24. The van der Waals surface area contributed by atoms with Gasteiger partial charge in [-0.2, -0.15) is 0 Å². The van der Waals surface area contributed by atoms with Crippen LogP contribution in [0.2, 0.25) is 0 Å². The maximum Gasteiger partial charge on any atom is 0.220 e. The summed E-state index contributed by atoms with van der Waals surface area (Å²) in [5, 5.41) is 2.91. The van der Waals surface area contributed by atoms with Crippen LogP contribution in [0, 0.1) is 0 Å². The molecule has 0 spiro atoms. The zero-order valence-corrected chi connectivity index (χ0v) is 13.4. The summed E-state index contributed by atoms with van der Waals surface area (Å²) in [5.74, 6) is 1.19. The smallest absolute Gasteiger partial charge is 0.220 e. The van der Waals surface area contributed by atoms with E-state index in [9.17, 15) is 4.79 Å². The summed E-state index contributed by atoms with van der Waals surface area (Å²) < 4.78 is 1.15. The van der Waals surface area contributed by atoms with E-state index >= 15 is 0 Å². The van der Waals surface area contributed by atoms with Crippen LogP contribution in [0.1, 0.15) is 25.7 Å². The first-order valence-electron chi connectivity index (χ1n) is 6.58. The Hall–Kier alpha value is -0.520. The van der Waals surface area contributed by atoms with E-state index in [1.807, 2.05) is 23.9 Å². The number of unbranched alkanes of at least 4 members (excludes halogenated alkanes) is 1. The van der Waals surface area contributed by atoms with Gasteiger partial charge >= 0.3 is 0 Å². The molecule has 0 aliphatic heterocycles. The number of nitrogens with two attached hydrogens (primary N) is 1. The molecule has 0 atom stereocenters. The topological polar surface area (TPSA) is 55.1 Å². The average Bonchev–Trinajstić information content (AvgIpc) is 2.42. The van der Waals surface area contributed by atoms with Crippen LogP contribution in [0.15, 0.2) is 33.6 Å². The molecule has 19 heavy (non-hydrogen) atoms. The molecule has 0 aromatic heterocycles. The molecule has 0 aliphatic rings. The third-order valence-corrected chi connectivity index (χ3v) is 4.71. The Bertz CT molecular complexity index is 387. The Balaban J connectivity index is 2.03. The van der Waals surface area contributed by atoms with E-state index in [2.05, 4.69) is 33.4 Å². The molecule has 3 nitrogen and oxygen atoms in total. The standard InChI is InChI=1S/C14H21BrN2OS/c15-12-6-1-2-7-13(12)19-11-4-3-10-17-14(18)8-5-9-16/h1-2,6-7H,3-5,8-11,16H2,(H,17,18). The molecular formula is C14H21BrN2OS. The number of hydrogen-bond acceptors (Lipinski definition) is 3. The fourth-order valence-electron chi connectivity index (χ4n) is 1.55. The van der Waals surface area contributed by atoms with Gasteiger partial charge < -0.3 is 11.1 Å². The van der Waals surface area contributed by atoms with Gasteiger partial charge in [0.2, 0.25) is 5.91 Å². The number of hydrogen-bond donors (Lipinski definition) is 2. The minimum Gasteiger partial charge on any atom is -0.356 e. The van der Waals surface area contributed by atoms with Gasteiger partial charge in [-0.3, -0.25) is 4.79 Å². The lowest BCUT2D eigenvalue weighted by Gasteiger charge is -2.05. The molecule has 1 rings (SSSR count). The molecular weight excluding hydrogens is 324 g/mol. The molecule has 0 fully saturated rings. The van der Waals surface area contributed by atoms with Crippen LogP contribution < -0.4 is 11.1 Å². The summed E-state index contributed by atoms with van der Waals surface area (Å²) in [6, 6.07) is 8.24. The van der Waals surface area contributed by atoms with E-state index in [0.29, 0.717) is 13.0 Å². The van der Waals surface area contributed by atoms with Crippen LogP contribution >= 0.6 is 27.7 Å². The number of rotatable bonds is 9. The molecule has 0 unspecified atom stereocenters. The molecule has 0 saturated heterocycles. The number of benzene rings is 1. The highest BCUT2D eigenvalue weighted by molar-refractivity contribution is 9.10. The first-order valence-corrected chi connectivity index (χ1v) is 8.36. The monoisotopic (exact) mass is 344 g/mol. The molecule has 1 aromatic rings. The molecule has 106 valence electrons. The number of nitrogens with one attached hydrogen (secondary N) is 1. The zero-order chi connectivity index (χ0) is 13.9. The average molecular weight is 345 g/mol. The van der Waals surface area contributed by atoms with Gasteiger partial charge in [0.25, 0.3) is 0 Å². The predicted molar refractivity (Wildman–Crippen MR) is 85.4 cm³/mol. The maximum atomic E-state index is 11.3. The van der Waals surface area contributed by atoms with Gasteiger partial charge in [-0.25, -0.2) is 0 Å². The highest BCUT2D eigenvalue weighted by Gasteiger charge is 2.00. The van der Waals surface area contributed by atoms with Gasteiger partial charge in [-0.15, -0.1) is 11.8 Å². The summed E-state index contributed by atoms with van der Waals surface area (Å²) >= 11 is 5.38. The summed E-state index contributed by atoms with van der Waals surface area (Å²) in [6.07, 6.45) is 3.43. The van der Waals surface area contributed by atoms with Crippen LogP contribution in [0.5, 0.6) is 0 Å². The summed E-state index contributed by atoms with van der Waals surface area (Å²) in [7, 11) is 0. The fourth-order valence-corrected chi connectivity index (χ4v) is 3.13. The van der Waals surface area contributed by atoms with Crippen molar-refractivity contribution in [2.75, 3.05) is 18.8 Å². The number of halogens is 1. The van der Waals surface area contributed by atoms with Crippen molar-refractivity contribution in [1.82, 2.24) is 5.32 Å². The summed E-state index contributed by atoms with van der Waals surface area (Å²) in [4.78, 5) is 12.6. The van der Waals surface area contributed by atoms with E-state index in [-0.39, 0.29) is 5.91 Å². The zero-order valence-electron chi connectivity index (χ0n) is 11.0. The van der Waals surface area contributed by atoms with Crippen molar-refractivity contribution >= 4 is 33.6 Å². The molecule has 0 saturated carbocycles. The van der Waals surface area contributed by atoms with Crippen molar-refractivity contribution in [1.29, 1.82) is 0 Å². The quantitative estimate of drug-likeness (QED) is 0.534. The molecule has 0 bridgehead atoms. The third kappa shape index (κ3) is 7.60. The molecule has 0 radical (unpaired) electrons. The second-order valence-electron chi connectivity index (χ2n) is 4.23. The molecule has 0 aliphatic carbocycles. The van der Waals surface area contributed by atoms with Crippen LogP contribution in [-0.4, -0.2) is 24.7 Å². The molecule has 3 N–H and O–H groups in total. The van der Waals surface area contributed by atoms with Crippen LogP contribution in [-0.2, 0) is 4.79 Å². The Kier molecular flexibility index (Phi) is 8.95. The number of amides is 1. The van der Waals surface area contributed by atoms with Gasteiger partial charge in [0.15, 0.2) is 0 Å². The highest BCUT2D eigenvalue weighted by atomic mass is 79.9. The van der Waals surface area contributed by atoms with Gasteiger partial charge in [0.1, 0.15) is 0 Å². The SMILES string of the molecule is NCCCC(=O)NCCCCSc1ccccc1Br. The second kappa shape index (κ2) is 10.3. The van der Waals surface area contributed by atoms with Crippen LogP contribution in [0.3, 0.4) is 0 Å². The minimum absolute atomic E-state index is 0.115. The lowest BCUT2D eigenvalue weighted by molar-refractivity contribution is -0.121. The largest absolute Gasteiger partial charge is 0.356 e.